The fraction of sp³-hybridized carbons (Fsp3) is 0.348. The number of nitrogens with zero attached hydrogens (tertiary/aromatic N) is 2. The van der Waals surface area contributed by atoms with Gasteiger partial charge in [0.2, 0.25) is 0 Å². The Morgan fingerprint density at radius 1 is 1.21 bits per heavy atom. The molecule has 2 aromatic carbocycles. The molecule has 0 N–H and O–H groups in total. The first kappa shape index (κ1) is 19.2. The van der Waals surface area contributed by atoms with E-state index in [1.54, 1.807) is 29.2 Å². The van der Waals surface area contributed by atoms with Crippen molar-refractivity contribution in [1.29, 1.82) is 0 Å². The number of carbonyl (C=O) groups is 1. The zero-order valence-corrected chi connectivity index (χ0v) is 16.6. The Labute approximate surface area is 170 Å². The maximum Gasteiger partial charge on any atom is 0.259 e. The molecule has 4 rings (SSSR count). The van der Waals surface area contributed by atoms with Gasteiger partial charge in [-0.15, -0.1) is 6.58 Å². The van der Waals surface area contributed by atoms with Crippen LogP contribution >= 0.6 is 11.6 Å². The molecule has 0 radical (unpaired) electrons. The van der Waals surface area contributed by atoms with E-state index in [2.05, 4.69) is 11.5 Å². The van der Waals surface area contributed by atoms with Gasteiger partial charge in [-0.2, -0.15) is 0 Å². The molecule has 28 heavy (non-hydrogen) atoms. The van der Waals surface area contributed by atoms with Crippen molar-refractivity contribution < 1.29 is 9.18 Å². The van der Waals surface area contributed by atoms with E-state index in [-0.39, 0.29) is 17.1 Å². The van der Waals surface area contributed by atoms with Gasteiger partial charge in [-0.25, -0.2) is 4.39 Å². The van der Waals surface area contributed by atoms with Crippen molar-refractivity contribution in [3.63, 3.8) is 0 Å². The Kier molecular flexibility index (Phi) is 5.26. The fourth-order valence-corrected chi connectivity index (χ4v) is 4.73. The lowest BCUT2D eigenvalue weighted by molar-refractivity contribution is 0.0977. The summed E-state index contributed by atoms with van der Waals surface area (Å²) < 4.78 is 14.1. The molecule has 5 heteroatoms. The van der Waals surface area contributed by atoms with E-state index in [1.165, 1.54) is 6.07 Å². The summed E-state index contributed by atoms with van der Waals surface area (Å²) in [6, 6.07) is 11.9. The van der Waals surface area contributed by atoms with Gasteiger partial charge in [-0.3, -0.25) is 4.79 Å². The number of piperidine rings is 1. The topological polar surface area (TPSA) is 23.6 Å². The van der Waals surface area contributed by atoms with Gasteiger partial charge in [0, 0.05) is 24.2 Å². The van der Waals surface area contributed by atoms with Gasteiger partial charge in [-0.05, 0) is 68.2 Å². The lowest BCUT2D eigenvalue weighted by Gasteiger charge is -2.39. The van der Waals surface area contributed by atoms with Crippen molar-refractivity contribution in [3.8, 4) is 0 Å². The first-order valence-corrected chi connectivity index (χ1v) is 10.1. The van der Waals surface area contributed by atoms with Crippen LogP contribution in [0.25, 0.3) is 0 Å². The van der Waals surface area contributed by atoms with Crippen LogP contribution in [0.1, 0.15) is 35.2 Å². The highest BCUT2D eigenvalue weighted by Crippen LogP contribution is 2.48. The summed E-state index contributed by atoms with van der Waals surface area (Å²) in [6.07, 6.45) is 4.73. The van der Waals surface area contributed by atoms with Gasteiger partial charge in [0.05, 0.1) is 10.6 Å². The second-order valence-electron chi connectivity index (χ2n) is 7.73. The van der Waals surface area contributed by atoms with E-state index in [1.807, 2.05) is 18.2 Å². The molecule has 2 aliphatic heterocycles. The minimum Gasteiger partial charge on any atom is -0.307 e. The number of fused-ring (bicyclic) bond motifs is 2. The number of amides is 1. The van der Waals surface area contributed by atoms with E-state index in [9.17, 15) is 9.18 Å². The largest absolute Gasteiger partial charge is 0.307 e. The molecule has 146 valence electrons. The molecule has 1 amide bonds. The molecule has 0 bridgehead atoms. The Hall–Kier alpha value is -2.17. The van der Waals surface area contributed by atoms with Crippen molar-refractivity contribution in [2.24, 2.45) is 0 Å². The second kappa shape index (κ2) is 7.69. The standard InChI is InChI=1S/C23H24ClFN2O/c1-2-3-12-26-13-10-23(11-14-26)16-27(21-9-8-17(25)15-19(21)23)22(28)18-6-4-5-7-20(18)24/h2,4-9,15H,1,3,10-14,16H2. The van der Waals surface area contributed by atoms with E-state index < -0.39 is 0 Å². The van der Waals surface area contributed by atoms with Gasteiger partial charge >= 0.3 is 0 Å². The van der Waals surface area contributed by atoms with Crippen LogP contribution in [0, 0.1) is 5.82 Å². The number of carbonyl (C=O) groups excluding carboxylic acids is 1. The second-order valence-corrected chi connectivity index (χ2v) is 8.14. The number of benzene rings is 2. The Balaban J connectivity index is 1.65. The quantitative estimate of drug-likeness (QED) is 0.673. The number of likely N-dealkylation sites (tertiary alicyclic amines) is 1. The van der Waals surface area contributed by atoms with Crippen LogP contribution in [0.5, 0.6) is 0 Å². The third kappa shape index (κ3) is 3.36. The van der Waals surface area contributed by atoms with Gasteiger partial charge in [0.15, 0.2) is 0 Å². The van der Waals surface area contributed by atoms with Crippen LogP contribution in [-0.4, -0.2) is 37.0 Å². The lowest BCUT2D eigenvalue weighted by atomic mass is 9.74. The molecular formula is C23H24ClFN2O. The first-order chi connectivity index (χ1) is 13.5. The molecule has 2 aliphatic rings. The summed E-state index contributed by atoms with van der Waals surface area (Å²) in [5.41, 5.74) is 2.06. The number of hydrogen-bond acceptors (Lipinski definition) is 2. The van der Waals surface area contributed by atoms with Crippen LogP contribution in [0.4, 0.5) is 10.1 Å². The molecule has 0 aliphatic carbocycles. The molecule has 3 nitrogen and oxygen atoms in total. The number of rotatable bonds is 4. The highest BCUT2D eigenvalue weighted by Gasteiger charge is 2.46. The summed E-state index contributed by atoms with van der Waals surface area (Å²) in [5.74, 6) is -0.372. The van der Waals surface area contributed by atoms with Crippen molar-refractivity contribution in [1.82, 2.24) is 4.90 Å². The summed E-state index contributed by atoms with van der Waals surface area (Å²) in [6.45, 7) is 7.25. The van der Waals surface area contributed by atoms with Gasteiger partial charge in [-0.1, -0.05) is 29.8 Å². The van der Waals surface area contributed by atoms with E-state index >= 15 is 0 Å². The van der Waals surface area contributed by atoms with Gasteiger partial charge in [0.1, 0.15) is 5.82 Å². The number of hydrogen-bond donors (Lipinski definition) is 0. The monoisotopic (exact) mass is 398 g/mol. The van der Waals surface area contributed by atoms with Crippen molar-refractivity contribution in [2.45, 2.75) is 24.7 Å². The zero-order valence-electron chi connectivity index (χ0n) is 15.8. The van der Waals surface area contributed by atoms with E-state index in [0.29, 0.717) is 17.1 Å². The normalized spacial score (nSPS) is 18.3. The van der Waals surface area contributed by atoms with Crippen molar-refractivity contribution >= 4 is 23.2 Å². The van der Waals surface area contributed by atoms with Crippen LogP contribution in [0.15, 0.2) is 55.1 Å². The molecule has 2 aromatic rings. The molecule has 1 fully saturated rings. The molecule has 0 atom stereocenters. The molecule has 0 aromatic heterocycles. The van der Waals surface area contributed by atoms with Crippen LogP contribution in [0.2, 0.25) is 5.02 Å². The average Bonchev–Trinajstić information content (AvgIpc) is 3.01. The minimum absolute atomic E-state index is 0.121. The van der Waals surface area contributed by atoms with Crippen LogP contribution < -0.4 is 4.90 Å². The summed E-state index contributed by atoms with van der Waals surface area (Å²) in [5, 5.41) is 0.441. The summed E-state index contributed by atoms with van der Waals surface area (Å²) in [7, 11) is 0. The predicted molar refractivity (Wildman–Crippen MR) is 112 cm³/mol. The molecule has 1 saturated heterocycles. The van der Waals surface area contributed by atoms with Crippen LogP contribution in [0.3, 0.4) is 0 Å². The molecule has 2 heterocycles. The zero-order chi connectivity index (χ0) is 19.7. The lowest BCUT2D eigenvalue weighted by Crippen LogP contribution is -2.46. The number of anilines is 1. The SMILES string of the molecule is C=CCCN1CCC2(CC1)CN(C(=O)c1ccccc1Cl)c1ccc(F)cc12. The Bertz CT molecular complexity index is 905. The van der Waals surface area contributed by atoms with Crippen LogP contribution in [-0.2, 0) is 5.41 Å². The molecule has 1 spiro atoms. The maximum atomic E-state index is 14.1. The van der Waals surface area contributed by atoms with Gasteiger partial charge in [0.25, 0.3) is 5.91 Å². The first-order valence-electron chi connectivity index (χ1n) is 9.74. The predicted octanol–water partition coefficient (Wildman–Crippen LogP) is 5.05. The van der Waals surface area contributed by atoms with E-state index in [0.717, 1.165) is 50.1 Å². The minimum atomic E-state index is -0.251. The molecule has 0 saturated carbocycles. The third-order valence-electron chi connectivity index (χ3n) is 6.09. The smallest absolute Gasteiger partial charge is 0.259 e. The van der Waals surface area contributed by atoms with Gasteiger partial charge < -0.3 is 9.80 Å². The van der Waals surface area contributed by atoms with Crippen molar-refractivity contribution in [3.05, 3.63) is 77.1 Å². The Morgan fingerprint density at radius 3 is 2.68 bits per heavy atom. The highest BCUT2D eigenvalue weighted by molar-refractivity contribution is 6.34. The summed E-state index contributed by atoms with van der Waals surface area (Å²) in [4.78, 5) is 17.5. The fourth-order valence-electron chi connectivity index (χ4n) is 4.51. The average molecular weight is 399 g/mol. The summed E-state index contributed by atoms with van der Waals surface area (Å²) >= 11 is 6.27. The maximum absolute atomic E-state index is 14.1. The molecular weight excluding hydrogens is 375 g/mol. The van der Waals surface area contributed by atoms with Crippen molar-refractivity contribution in [2.75, 3.05) is 31.1 Å². The number of halogens is 2. The van der Waals surface area contributed by atoms with E-state index in [4.69, 9.17) is 11.6 Å². The highest BCUT2D eigenvalue weighted by atomic mass is 35.5. The molecule has 0 unspecified atom stereocenters. The third-order valence-corrected chi connectivity index (χ3v) is 6.42. The Morgan fingerprint density at radius 2 is 1.96 bits per heavy atom.